The molecule has 112 valence electrons. The van der Waals surface area contributed by atoms with Crippen molar-refractivity contribution in [1.82, 2.24) is 4.90 Å². The van der Waals surface area contributed by atoms with E-state index in [2.05, 4.69) is 18.7 Å². The number of nitrogens with zero attached hydrogens (tertiary/aromatic N) is 2. The highest BCUT2D eigenvalue weighted by atomic mass is 35.5. The third-order valence-corrected chi connectivity index (χ3v) is 3.24. The van der Waals surface area contributed by atoms with E-state index in [9.17, 15) is 10.1 Å². The first-order valence-corrected chi connectivity index (χ1v) is 6.96. The smallest absolute Gasteiger partial charge is 0.269 e. The van der Waals surface area contributed by atoms with Crippen LogP contribution >= 0.6 is 11.6 Å². The summed E-state index contributed by atoms with van der Waals surface area (Å²) in [6.07, 6.45) is 0. The molecule has 1 rings (SSSR count). The molecular weight excluding hydrogens is 280 g/mol. The largest absolute Gasteiger partial charge is 0.383 e. The fraction of sp³-hybridized carbons (Fsp3) is 0.571. The minimum absolute atomic E-state index is 0.0700. The average molecular weight is 301 g/mol. The monoisotopic (exact) mass is 300 g/mol. The second kappa shape index (κ2) is 8.19. The normalized spacial score (nSPS) is 11.3. The molecule has 0 spiro atoms. The van der Waals surface area contributed by atoms with Crippen molar-refractivity contribution in [3.63, 3.8) is 0 Å². The lowest BCUT2D eigenvalue weighted by atomic mass is 10.1. The van der Waals surface area contributed by atoms with E-state index >= 15 is 0 Å². The van der Waals surface area contributed by atoms with Crippen molar-refractivity contribution >= 4 is 17.3 Å². The van der Waals surface area contributed by atoms with Crippen LogP contribution in [0.15, 0.2) is 18.2 Å². The molecule has 0 saturated heterocycles. The van der Waals surface area contributed by atoms with Gasteiger partial charge in [0.1, 0.15) is 0 Å². The molecule has 6 heteroatoms. The van der Waals surface area contributed by atoms with Gasteiger partial charge < -0.3 is 4.74 Å². The van der Waals surface area contributed by atoms with Gasteiger partial charge in [-0.15, -0.1) is 0 Å². The van der Waals surface area contributed by atoms with Gasteiger partial charge >= 0.3 is 0 Å². The molecule has 1 aromatic rings. The minimum atomic E-state index is -0.401. The summed E-state index contributed by atoms with van der Waals surface area (Å²) in [4.78, 5) is 12.6. The summed E-state index contributed by atoms with van der Waals surface area (Å²) in [6, 6.07) is 4.55. The summed E-state index contributed by atoms with van der Waals surface area (Å²) in [6.45, 7) is 7.14. The van der Waals surface area contributed by atoms with Crippen LogP contribution in [0.3, 0.4) is 0 Å². The van der Waals surface area contributed by atoms with Crippen LogP contribution in [0.2, 0.25) is 5.02 Å². The topological polar surface area (TPSA) is 55.6 Å². The Balaban J connectivity index is 2.85. The Hall–Kier alpha value is -1.17. The number of non-ortho nitro benzene ring substituents is 1. The fourth-order valence-corrected chi connectivity index (χ4v) is 2.19. The van der Waals surface area contributed by atoms with E-state index in [1.54, 1.807) is 19.2 Å². The van der Waals surface area contributed by atoms with Crippen LogP contribution in [0, 0.1) is 16.0 Å². The van der Waals surface area contributed by atoms with Crippen LogP contribution in [-0.4, -0.2) is 36.6 Å². The number of ether oxygens (including phenoxy) is 1. The maximum absolute atomic E-state index is 10.8. The minimum Gasteiger partial charge on any atom is -0.383 e. The van der Waals surface area contributed by atoms with Gasteiger partial charge in [0, 0.05) is 43.9 Å². The van der Waals surface area contributed by atoms with E-state index in [1.807, 2.05) is 0 Å². The summed E-state index contributed by atoms with van der Waals surface area (Å²) in [5.41, 5.74) is 0.846. The Kier molecular flexibility index (Phi) is 6.91. The highest BCUT2D eigenvalue weighted by molar-refractivity contribution is 6.31. The Morgan fingerprint density at radius 1 is 1.45 bits per heavy atom. The molecule has 0 unspecified atom stereocenters. The predicted octanol–water partition coefficient (Wildman–Crippen LogP) is 3.35. The number of hydrogen-bond acceptors (Lipinski definition) is 4. The number of halogens is 1. The van der Waals surface area contributed by atoms with Crippen LogP contribution in [0.25, 0.3) is 0 Å². The van der Waals surface area contributed by atoms with Gasteiger partial charge in [-0.3, -0.25) is 15.0 Å². The van der Waals surface area contributed by atoms with E-state index in [0.29, 0.717) is 24.1 Å². The maximum Gasteiger partial charge on any atom is 0.269 e. The van der Waals surface area contributed by atoms with Crippen LogP contribution in [-0.2, 0) is 11.3 Å². The Bertz CT molecular complexity index is 452. The first kappa shape index (κ1) is 16.9. The van der Waals surface area contributed by atoms with E-state index < -0.39 is 4.92 Å². The van der Waals surface area contributed by atoms with Crippen LogP contribution in [0.1, 0.15) is 19.4 Å². The summed E-state index contributed by atoms with van der Waals surface area (Å²) >= 11 is 6.14. The van der Waals surface area contributed by atoms with Crippen molar-refractivity contribution in [3.8, 4) is 0 Å². The molecule has 0 aliphatic heterocycles. The van der Waals surface area contributed by atoms with Crippen molar-refractivity contribution in [2.75, 3.05) is 26.8 Å². The zero-order valence-corrected chi connectivity index (χ0v) is 12.9. The van der Waals surface area contributed by atoms with Crippen LogP contribution < -0.4 is 0 Å². The van der Waals surface area contributed by atoms with Crippen molar-refractivity contribution in [2.24, 2.45) is 5.92 Å². The van der Waals surface area contributed by atoms with Gasteiger partial charge in [-0.2, -0.15) is 0 Å². The lowest BCUT2D eigenvalue weighted by Gasteiger charge is -2.24. The van der Waals surface area contributed by atoms with E-state index in [-0.39, 0.29) is 5.69 Å². The molecular formula is C14H21ClN2O3. The van der Waals surface area contributed by atoms with E-state index in [1.165, 1.54) is 6.07 Å². The molecule has 0 amide bonds. The molecule has 0 radical (unpaired) electrons. The molecule has 20 heavy (non-hydrogen) atoms. The molecule has 0 aliphatic carbocycles. The Morgan fingerprint density at radius 3 is 2.70 bits per heavy atom. The number of rotatable bonds is 8. The number of benzene rings is 1. The van der Waals surface area contributed by atoms with Gasteiger partial charge in [-0.1, -0.05) is 25.4 Å². The molecule has 0 atom stereocenters. The molecule has 1 aromatic carbocycles. The second-order valence-electron chi connectivity index (χ2n) is 5.15. The molecule has 0 fully saturated rings. The lowest BCUT2D eigenvalue weighted by molar-refractivity contribution is -0.384. The first-order chi connectivity index (χ1) is 9.43. The van der Waals surface area contributed by atoms with Gasteiger partial charge in [0.2, 0.25) is 0 Å². The second-order valence-corrected chi connectivity index (χ2v) is 5.56. The van der Waals surface area contributed by atoms with E-state index in [0.717, 1.165) is 18.7 Å². The van der Waals surface area contributed by atoms with Crippen LogP contribution in [0.4, 0.5) is 5.69 Å². The SMILES string of the molecule is COCCN(Cc1cc([N+](=O)[O-])ccc1Cl)CC(C)C. The van der Waals surface area contributed by atoms with Gasteiger partial charge in [-0.25, -0.2) is 0 Å². The third-order valence-electron chi connectivity index (χ3n) is 2.87. The quantitative estimate of drug-likeness (QED) is 0.546. The zero-order valence-electron chi connectivity index (χ0n) is 12.1. The summed E-state index contributed by atoms with van der Waals surface area (Å²) < 4.78 is 5.10. The molecule has 0 N–H and O–H groups in total. The Labute approximate surface area is 124 Å². The summed E-state index contributed by atoms with van der Waals surface area (Å²) in [5, 5.41) is 11.4. The summed E-state index contributed by atoms with van der Waals surface area (Å²) in [7, 11) is 1.66. The molecule has 5 nitrogen and oxygen atoms in total. The molecule has 0 bridgehead atoms. The van der Waals surface area contributed by atoms with Gasteiger partial charge in [0.15, 0.2) is 0 Å². The molecule has 0 aliphatic rings. The average Bonchev–Trinajstić information content (AvgIpc) is 2.37. The lowest BCUT2D eigenvalue weighted by Crippen LogP contribution is -2.30. The molecule has 0 heterocycles. The number of methoxy groups -OCH3 is 1. The highest BCUT2D eigenvalue weighted by Gasteiger charge is 2.14. The van der Waals surface area contributed by atoms with Crippen molar-refractivity contribution in [1.29, 1.82) is 0 Å². The zero-order chi connectivity index (χ0) is 15.1. The van der Waals surface area contributed by atoms with Crippen LogP contribution in [0.5, 0.6) is 0 Å². The van der Waals surface area contributed by atoms with Crippen molar-refractivity contribution in [3.05, 3.63) is 38.9 Å². The standard InChI is InChI=1S/C14H21ClN2O3/c1-11(2)9-16(6-7-20-3)10-12-8-13(17(18)19)4-5-14(12)15/h4-5,8,11H,6-7,9-10H2,1-3H3. The number of hydrogen-bond donors (Lipinski definition) is 0. The van der Waals surface area contributed by atoms with Crippen molar-refractivity contribution in [2.45, 2.75) is 20.4 Å². The Morgan fingerprint density at radius 2 is 2.15 bits per heavy atom. The van der Waals surface area contributed by atoms with Gasteiger partial charge in [0.25, 0.3) is 5.69 Å². The molecule has 0 saturated carbocycles. The summed E-state index contributed by atoms with van der Waals surface area (Å²) in [5.74, 6) is 0.504. The molecule has 0 aromatic heterocycles. The fourth-order valence-electron chi connectivity index (χ4n) is 2.01. The maximum atomic E-state index is 10.8. The van der Waals surface area contributed by atoms with Crippen molar-refractivity contribution < 1.29 is 9.66 Å². The van der Waals surface area contributed by atoms with Gasteiger partial charge in [-0.05, 0) is 17.5 Å². The third kappa shape index (κ3) is 5.45. The number of nitro groups is 1. The number of nitro benzene ring substituents is 1. The van der Waals surface area contributed by atoms with E-state index in [4.69, 9.17) is 16.3 Å². The highest BCUT2D eigenvalue weighted by Crippen LogP contribution is 2.23. The van der Waals surface area contributed by atoms with Gasteiger partial charge in [0.05, 0.1) is 11.5 Å². The predicted molar refractivity (Wildman–Crippen MR) is 80.1 cm³/mol. The first-order valence-electron chi connectivity index (χ1n) is 6.58.